The number of aliphatic hydroxyl groups is 1. The van der Waals surface area contributed by atoms with Crippen molar-refractivity contribution in [3.8, 4) is 11.8 Å². The molecular formula is C13H17N3O2. The van der Waals surface area contributed by atoms with Gasteiger partial charge in [0.15, 0.2) is 0 Å². The molecular weight excluding hydrogens is 230 g/mol. The number of carbonyl (C=O) groups excluding carboxylic acids is 1. The molecule has 1 amide bonds. The summed E-state index contributed by atoms with van der Waals surface area (Å²) in [6.07, 6.45) is 1.54. The lowest BCUT2D eigenvalue weighted by Crippen LogP contribution is -2.37. The summed E-state index contributed by atoms with van der Waals surface area (Å²) in [5, 5.41) is 9.00. The molecule has 1 rings (SSSR count). The van der Waals surface area contributed by atoms with Crippen LogP contribution in [0.5, 0.6) is 0 Å². The first-order chi connectivity index (χ1) is 8.60. The third-order valence-electron chi connectivity index (χ3n) is 2.56. The summed E-state index contributed by atoms with van der Waals surface area (Å²) in [6, 6.07) is 3.10. The Balaban J connectivity index is 2.82. The van der Waals surface area contributed by atoms with Gasteiger partial charge in [-0.25, -0.2) is 4.98 Å². The molecule has 0 bridgehead atoms. The quantitative estimate of drug-likeness (QED) is 0.728. The molecule has 5 nitrogen and oxygen atoms in total. The van der Waals surface area contributed by atoms with E-state index in [-0.39, 0.29) is 25.1 Å². The van der Waals surface area contributed by atoms with Gasteiger partial charge in [0.05, 0.1) is 19.2 Å². The molecule has 0 saturated heterocycles. The summed E-state index contributed by atoms with van der Waals surface area (Å²) in [6.45, 7) is 1.97. The number of likely N-dealkylation sites (N-methyl/N-ethyl adjacent to an activating group) is 1. The number of aliphatic hydroxyl groups excluding tert-OH is 1. The second kappa shape index (κ2) is 6.74. The van der Waals surface area contributed by atoms with Gasteiger partial charge < -0.3 is 15.7 Å². The molecule has 0 radical (unpaired) electrons. The lowest BCUT2D eigenvalue weighted by molar-refractivity contribution is 0.0676. The Labute approximate surface area is 107 Å². The van der Waals surface area contributed by atoms with Crippen LogP contribution < -0.4 is 5.73 Å². The zero-order chi connectivity index (χ0) is 13.5. The average Bonchev–Trinajstić information content (AvgIpc) is 2.43. The Bertz CT molecular complexity index is 459. The van der Waals surface area contributed by atoms with Crippen molar-refractivity contribution in [2.24, 2.45) is 5.73 Å². The lowest BCUT2D eigenvalue weighted by atomic mass is 10.2. The Morgan fingerprint density at radius 2 is 2.33 bits per heavy atom. The van der Waals surface area contributed by atoms with E-state index in [0.717, 1.165) is 5.56 Å². The Morgan fingerprint density at radius 3 is 2.83 bits per heavy atom. The molecule has 5 heteroatoms. The van der Waals surface area contributed by atoms with Crippen molar-refractivity contribution < 1.29 is 9.90 Å². The summed E-state index contributed by atoms with van der Waals surface area (Å²) < 4.78 is 0. The van der Waals surface area contributed by atoms with Gasteiger partial charge in [-0.05, 0) is 19.1 Å². The van der Waals surface area contributed by atoms with E-state index < -0.39 is 0 Å². The Morgan fingerprint density at radius 1 is 1.61 bits per heavy atom. The molecule has 96 valence electrons. The largest absolute Gasteiger partial charge is 0.394 e. The molecule has 0 aliphatic rings. The third kappa shape index (κ3) is 3.55. The number of hydrogen-bond acceptors (Lipinski definition) is 4. The van der Waals surface area contributed by atoms with E-state index in [4.69, 9.17) is 10.8 Å². The number of carbonyl (C=O) groups is 1. The average molecular weight is 247 g/mol. The zero-order valence-electron chi connectivity index (χ0n) is 10.6. The highest BCUT2D eigenvalue weighted by molar-refractivity contribution is 5.92. The molecule has 1 unspecified atom stereocenters. The summed E-state index contributed by atoms with van der Waals surface area (Å²) in [5.41, 5.74) is 6.31. The van der Waals surface area contributed by atoms with Crippen molar-refractivity contribution in [3.63, 3.8) is 0 Å². The van der Waals surface area contributed by atoms with Crippen molar-refractivity contribution in [2.75, 3.05) is 20.2 Å². The van der Waals surface area contributed by atoms with E-state index >= 15 is 0 Å². The summed E-state index contributed by atoms with van der Waals surface area (Å²) in [4.78, 5) is 17.5. The van der Waals surface area contributed by atoms with Gasteiger partial charge in [-0.15, -0.1) is 0 Å². The lowest BCUT2D eigenvalue weighted by Gasteiger charge is -2.22. The number of aromatic nitrogens is 1. The van der Waals surface area contributed by atoms with Gasteiger partial charge in [0.25, 0.3) is 5.91 Å². The molecule has 18 heavy (non-hydrogen) atoms. The maximum Gasteiger partial charge on any atom is 0.272 e. The zero-order valence-corrected chi connectivity index (χ0v) is 10.6. The molecule has 0 spiro atoms. The number of nitrogens with zero attached hydrogens (tertiary/aromatic N) is 2. The molecule has 1 atom stereocenters. The van der Waals surface area contributed by atoms with Crippen molar-refractivity contribution in [1.82, 2.24) is 9.88 Å². The molecule has 1 aromatic rings. The minimum absolute atomic E-state index is 0.0811. The highest BCUT2D eigenvalue weighted by atomic mass is 16.3. The van der Waals surface area contributed by atoms with Crippen LogP contribution in [-0.2, 0) is 0 Å². The molecule has 1 aromatic heterocycles. The van der Waals surface area contributed by atoms with E-state index in [0.29, 0.717) is 5.69 Å². The van der Waals surface area contributed by atoms with Gasteiger partial charge in [-0.2, -0.15) is 0 Å². The molecule has 3 N–H and O–H groups in total. The highest BCUT2D eigenvalue weighted by Gasteiger charge is 2.17. The Hall–Kier alpha value is -1.90. The van der Waals surface area contributed by atoms with E-state index in [9.17, 15) is 4.79 Å². The molecule has 0 fully saturated rings. The molecule has 0 aromatic carbocycles. The van der Waals surface area contributed by atoms with Crippen LogP contribution in [0, 0.1) is 11.8 Å². The number of amides is 1. The van der Waals surface area contributed by atoms with E-state index in [1.54, 1.807) is 26.1 Å². The van der Waals surface area contributed by atoms with Crippen molar-refractivity contribution in [3.05, 3.63) is 29.6 Å². The first-order valence-electron chi connectivity index (χ1n) is 5.63. The van der Waals surface area contributed by atoms with Crippen LogP contribution in [0.2, 0.25) is 0 Å². The first-order valence-corrected chi connectivity index (χ1v) is 5.63. The monoisotopic (exact) mass is 247 g/mol. The van der Waals surface area contributed by atoms with Crippen LogP contribution in [0.3, 0.4) is 0 Å². The van der Waals surface area contributed by atoms with E-state index in [1.165, 1.54) is 11.1 Å². The van der Waals surface area contributed by atoms with E-state index in [2.05, 4.69) is 16.8 Å². The van der Waals surface area contributed by atoms with Gasteiger partial charge in [0.2, 0.25) is 0 Å². The predicted molar refractivity (Wildman–Crippen MR) is 68.8 cm³/mol. The fourth-order valence-corrected chi connectivity index (χ4v) is 1.25. The standard InChI is InChI=1S/C13H17N3O2/c1-10(9-17)16(2)13(18)12-6-5-11(8-15-12)4-3-7-14/h5-6,8,10,17H,7,9,14H2,1-2H3. The smallest absolute Gasteiger partial charge is 0.272 e. The Kier molecular flexibility index (Phi) is 5.31. The van der Waals surface area contributed by atoms with Crippen molar-refractivity contribution >= 4 is 5.91 Å². The predicted octanol–water partition coefficient (Wildman–Crippen LogP) is -0.155. The topological polar surface area (TPSA) is 79.5 Å². The summed E-state index contributed by atoms with van der Waals surface area (Å²) >= 11 is 0. The normalized spacial score (nSPS) is 11.3. The van der Waals surface area contributed by atoms with Gasteiger partial charge >= 0.3 is 0 Å². The summed E-state index contributed by atoms with van der Waals surface area (Å²) in [5.74, 6) is 5.32. The first kappa shape index (κ1) is 14.2. The molecule has 0 saturated carbocycles. The van der Waals surface area contributed by atoms with Crippen LogP contribution in [-0.4, -0.2) is 47.1 Å². The molecule has 0 aliphatic carbocycles. The van der Waals surface area contributed by atoms with E-state index in [1.807, 2.05) is 0 Å². The summed E-state index contributed by atoms with van der Waals surface area (Å²) in [7, 11) is 1.63. The van der Waals surface area contributed by atoms with Crippen molar-refractivity contribution in [1.29, 1.82) is 0 Å². The fraction of sp³-hybridized carbons (Fsp3) is 0.385. The van der Waals surface area contributed by atoms with Crippen LogP contribution >= 0.6 is 0 Å². The van der Waals surface area contributed by atoms with Gasteiger partial charge in [-0.1, -0.05) is 11.8 Å². The number of hydrogen-bond donors (Lipinski definition) is 2. The van der Waals surface area contributed by atoms with Gasteiger partial charge in [-0.3, -0.25) is 4.79 Å². The van der Waals surface area contributed by atoms with Crippen LogP contribution in [0.4, 0.5) is 0 Å². The van der Waals surface area contributed by atoms with Crippen LogP contribution in [0.25, 0.3) is 0 Å². The SMILES string of the molecule is CC(CO)N(C)C(=O)c1ccc(C#CCN)cn1. The van der Waals surface area contributed by atoms with Gasteiger partial charge in [0, 0.05) is 18.8 Å². The van der Waals surface area contributed by atoms with Crippen LogP contribution in [0.15, 0.2) is 18.3 Å². The molecule has 0 aliphatic heterocycles. The number of rotatable bonds is 3. The molecule has 1 heterocycles. The minimum atomic E-state index is -0.240. The fourth-order valence-electron chi connectivity index (χ4n) is 1.25. The number of nitrogens with two attached hydrogens (primary N) is 1. The second-order valence-electron chi connectivity index (χ2n) is 3.89. The second-order valence-corrected chi connectivity index (χ2v) is 3.89. The number of pyridine rings is 1. The maximum absolute atomic E-state index is 12.0. The van der Waals surface area contributed by atoms with Gasteiger partial charge in [0.1, 0.15) is 5.69 Å². The maximum atomic E-state index is 12.0. The van der Waals surface area contributed by atoms with Crippen LogP contribution in [0.1, 0.15) is 23.0 Å². The third-order valence-corrected chi connectivity index (χ3v) is 2.56. The minimum Gasteiger partial charge on any atom is -0.394 e. The highest BCUT2D eigenvalue weighted by Crippen LogP contribution is 2.05. The van der Waals surface area contributed by atoms with Crippen molar-refractivity contribution in [2.45, 2.75) is 13.0 Å².